The lowest BCUT2D eigenvalue weighted by Gasteiger charge is -2.10. The average Bonchev–Trinajstić information content (AvgIpc) is 2.88. The highest BCUT2D eigenvalue weighted by molar-refractivity contribution is 5.85. The fourth-order valence-corrected chi connectivity index (χ4v) is 2.44. The molecular weight excluding hydrogens is 222 g/mol. The zero-order valence-corrected chi connectivity index (χ0v) is 10.1. The largest absolute Gasteiger partial charge is 0.316 e. The highest BCUT2D eigenvalue weighted by Gasteiger charge is 2.17. The van der Waals surface area contributed by atoms with Crippen molar-refractivity contribution in [3.8, 4) is 0 Å². The van der Waals surface area contributed by atoms with Gasteiger partial charge in [0.15, 0.2) is 0 Å². The third-order valence-electron chi connectivity index (χ3n) is 3.30. The average molecular weight is 238 g/mol. The van der Waals surface area contributed by atoms with Gasteiger partial charge in [0.2, 0.25) is 0 Å². The maximum absolute atomic E-state index is 4.09. The molecule has 3 rings (SSSR count). The van der Waals surface area contributed by atoms with Crippen molar-refractivity contribution in [3.05, 3.63) is 29.5 Å². The highest BCUT2D eigenvalue weighted by Crippen LogP contribution is 2.27. The Morgan fingerprint density at radius 3 is 3.00 bits per heavy atom. The molecule has 0 radical (unpaired) electrons. The molecule has 16 heavy (non-hydrogen) atoms. The molecule has 0 aliphatic carbocycles. The highest BCUT2D eigenvalue weighted by atomic mass is 35.5. The van der Waals surface area contributed by atoms with Crippen LogP contribution in [0.2, 0.25) is 0 Å². The number of aromatic nitrogens is 2. The van der Waals surface area contributed by atoms with Gasteiger partial charge in [0.1, 0.15) is 0 Å². The number of nitrogens with zero attached hydrogens (tertiary/aromatic N) is 1. The summed E-state index contributed by atoms with van der Waals surface area (Å²) < 4.78 is 0. The molecule has 1 unspecified atom stereocenters. The minimum Gasteiger partial charge on any atom is -0.316 e. The normalized spacial score (nSPS) is 19.9. The summed E-state index contributed by atoms with van der Waals surface area (Å²) in [6, 6.07) is 4.56. The van der Waals surface area contributed by atoms with E-state index in [9.17, 15) is 0 Å². The molecule has 0 saturated carbocycles. The number of hydrogen-bond donors (Lipinski definition) is 2. The summed E-state index contributed by atoms with van der Waals surface area (Å²) in [5, 5.41) is 11.8. The number of halogens is 1. The van der Waals surface area contributed by atoms with Crippen LogP contribution in [0.4, 0.5) is 0 Å². The standard InChI is InChI=1S/C12H15N3.ClH/c1-8-4-10(9-2-3-13-6-9)5-11-7-14-15-12(8)11;/h4-5,7,9,13H,2-3,6H2,1H3,(H,14,15);1H. The van der Waals surface area contributed by atoms with Gasteiger partial charge in [0.05, 0.1) is 11.7 Å². The summed E-state index contributed by atoms with van der Waals surface area (Å²) >= 11 is 0. The van der Waals surface area contributed by atoms with Gasteiger partial charge in [0, 0.05) is 11.9 Å². The lowest BCUT2D eigenvalue weighted by Crippen LogP contribution is -2.08. The molecular formula is C12H16ClN3. The van der Waals surface area contributed by atoms with Crippen LogP contribution in [-0.4, -0.2) is 23.3 Å². The molecule has 3 nitrogen and oxygen atoms in total. The van der Waals surface area contributed by atoms with Crippen molar-refractivity contribution >= 4 is 23.3 Å². The van der Waals surface area contributed by atoms with E-state index >= 15 is 0 Å². The molecule has 0 bridgehead atoms. The quantitative estimate of drug-likeness (QED) is 0.800. The van der Waals surface area contributed by atoms with Gasteiger partial charge in [0.25, 0.3) is 0 Å². The molecule has 1 fully saturated rings. The van der Waals surface area contributed by atoms with Gasteiger partial charge in [-0.3, -0.25) is 5.10 Å². The second-order valence-electron chi connectivity index (χ2n) is 4.36. The molecule has 0 spiro atoms. The van der Waals surface area contributed by atoms with Crippen LogP contribution in [-0.2, 0) is 0 Å². The van der Waals surface area contributed by atoms with Crippen LogP contribution < -0.4 is 5.32 Å². The Hall–Kier alpha value is -1.06. The second kappa shape index (κ2) is 4.44. The van der Waals surface area contributed by atoms with Crippen molar-refractivity contribution in [1.29, 1.82) is 0 Å². The van der Waals surface area contributed by atoms with Gasteiger partial charge in [-0.25, -0.2) is 0 Å². The summed E-state index contributed by atoms with van der Waals surface area (Å²) in [5.41, 5.74) is 3.92. The first-order valence-electron chi connectivity index (χ1n) is 5.49. The molecule has 2 aromatic rings. The van der Waals surface area contributed by atoms with E-state index in [1.54, 1.807) is 0 Å². The van der Waals surface area contributed by atoms with Crippen LogP contribution in [0.15, 0.2) is 18.3 Å². The number of rotatable bonds is 1. The van der Waals surface area contributed by atoms with Gasteiger partial charge in [-0.1, -0.05) is 6.07 Å². The van der Waals surface area contributed by atoms with Gasteiger partial charge < -0.3 is 5.32 Å². The van der Waals surface area contributed by atoms with E-state index in [1.807, 2.05) is 6.20 Å². The Kier molecular flexibility index (Phi) is 3.17. The predicted molar refractivity (Wildman–Crippen MR) is 68.3 cm³/mol. The van der Waals surface area contributed by atoms with E-state index in [4.69, 9.17) is 0 Å². The first-order chi connectivity index (χ1) is 7.34. The zero-order chi connectivity index (χ0) is 10.3. The minimum absolute atomic E-state index is 0. The van der Waals surface area contributed by atoms with Crippen LogP contribution in [0, 0.1) is 6.92 Å². The van der Waals surface area contributed by atoms with Crippen molar-refractivity contribution in [3.63, 3.8) is 0 Å². The Balaban J connectivity index is 0.000000963. The van der Waals surface area contributed by atoms with Crippen molar-refractivity contribution in [2.75, 3.05) is 13.1 Å². The van der Waals surface area contributed by atoms with Crippen LogP contribution in [0.25, 0.3) is 10.9 Å². The first-order valence-corrected chi connectivity index (χ1v) is 5.49. The first kappa shape index (κ1) is 11.4. The summed E-state index contributed by atoms with van der Waals surface area (Å²) in [6.45, 7) is 4.41. The Morgan fingerprint density at radius 2 is 2.25 bits per heavy atom. The summed E-state index contributed by atoms with van der Waals surface area (Å²) in [6.07, 6.45) is 3.16. The third-order valence-corrected chi connectivity index (χ3v) is 3.30. The smallest absolute Gasteiger partial charge is 0.0679 e. The summed E-state index contributed by atoms with van der Waals surface area (Å²) in [4.78, 5) is 0. The van der Waals surface area contributed by atoms with Crippen molar-refractivity contribution in [2.45, 2.75) is 19.3 Å². The summed E-state index contributed by atoms with van der Waals surface area (Å²) in [5.74, 6) is 0.683. The molecule has 2 heterocycles. The SMILES string of the molecule is Cc1cc(C2CCNC2)cc2cn[nH]c12.Cl. The molecule has 1 saturated heterocycles. The van der Waals surface area contributed by atoms with Crippen molar-refractivity contribution in [1.82, 2.24) is 15.5 Å². The molecule has 4 heteroatoms. The zero-order valence-electron chi connectivity index (χ0n) is 9.29. The van der Waals surface area contributed by atoms with Crippen molar-refractivity contribution in [2.24, 2.45) is 0 Å². The third kappa shape index (κ3) is 1.81. The van der Waals surface area contributed by atoms with Gasteiger partial charge >= 0.3 is 0 Å². The molecule has 1 aliphatic rings. The Morgan fingerprint density at radius 1 is 1.38 bits per heavy atom. The minimum atomic E-state index is 0. The van der Waals surface area contributed by atoms with Crippen molar-refractivity contribution < 1.29 is 0 Å². The molecule has 1 aliphatic heterocycles. The van der Waals surface area contributed by atoms with E-state index < -0.39 is 0 Å². The maximum Gasteiger partial charge on any atom is 0.0679 e. The molecule has 86 valence electrons. The number of hydrogen-bond acceptors (Lipinski definition) is 2. The van der Waals surface area contributed by atoms with E-state index in [0.717, 1.165) is 13.1 Å². The molecule has 0 amide bonds. The van der Waals surface area contributed by atoms with Crippen LogP contribution in [0.5, 0.6) is 0 Å². The van der Waals surface area contributed by atoms with Gasteiger partial charge in [-0.15, -0.1) is 12.4 Å². The van der Waals surface area contributed by atoms with Crippen LogP contribution >= 0.6 is 12.4 Å². The maximum atomic E-state index is 4.09. The molecule has 1 aromatic carbocycles. The summed E-state index contributed by atoms with van der Waals surface area (Å²) in [7, 11) is 0. The Labute approximate surface area is 101 Å². The topological polar surface area (TPSA) is 40.7 Å². The molecule has 2 N–H and O–H groups in total. The fourth-order valence-electron chi connectivity index (χ4n) is 2.44. The van der Waals surface area contributed by atoms with E-state index in [2.05, 4.69) is 34.6 Å². The Bertz CT molecular complexity index is 486. The van der Waals surface area contributed by atoms with Gasteiger partial charge in [-0.05, 0) is 43.0 Å². The van der Waals surface area contributed by atoms with E-state index in [0.29, 0.717) is 5.92 Å². The number of fused-ring (bicyclic) bond motifs is 1. The van der Waals surface area contributed by atoms with Crippen LogP contribution in [0.1, 0.15) is 23.5 Å². The monoisotopic (exact) mass is 237 g/mol. The molecule has 1 atom stereocenters. The lowest BCUT2D eigenvalue weighted by atomic mass is 9.95. The number of nitrogens with one attached hydrogen (secondary N) is 2. The predicted octanol–water partition coefficient (Wildman–Crippen LogP) is 2.37. The number of aromatic amines is 1. The lowest BCUT2D eigenvalue weighted by molar-refractivity contribution is 0.764. The number of H-pyrrole nitrogens is 1. The van der Waals surface area contributed by atoms with E-state index in [1.165, 1.54) is 28.5 Å². The molecule has 1 aromatic heterocycles. The van der Waals surface area contributed by atoms with Gasteiger partial charge in [-0.2, -0.15) is 5.10 Å². The van der Waals surface area contributed by atoms with E-state index in [-0.39, 0.29) is 12.4 Å². The number of aryl methyl sites for hydroxylation is 1. The fraction of sp³-hybridized carbons (Fsp3) is 0.417. The van der Waals surface area contributed by atoms with Crippen LogP contribution in [0.3, 0.4) is 0 Å². The second-order valence-corrected chi connectivity index (χ2v) is 4.36. The number of benzene rings is 1.